The van der Waals surface area contributed by atoms with Gasteiger partial charge in [0, 0.05) is 18.4 Å². The number of benzene rings is 2. The third kappa shape index (κ3) is 3.86. The Morgan fingerprint density at radius 2 is 1.91 bits per heavy atom. The molecule has 2 N–H and O–H groups in total. The summed E-state index contributed by atoms with van der Waals surface area (Å²) in [6, 6.07) is 13.0. The number of rotatable bonds is 4. The molecule has 162 valence electrons. The largest absolute Gasteiger partial charge is 0.310 e. The van der Waals surface area contributed by atoms with Crippen LogP contribution in [0.1, 0.15) is 34.5 Å². The first-order valence-corrected chi connectivity index (χ1v) is 11.2. The van der Waals surface area contributed by atoms with Gasteiger partial charge in [0.05, 0.1) is 27.9 Å². The molecular formula is C22H19N5O4S. The fourth-order valence-corrected chi connectivity index (χ4v) is 4.92. The van der Waals surface area contributed by atoms with Crippen molar-refractivity contribution >= 4 is 33.3 Å². The Bertz CT molecular complexity index is 1420. The predicted octanol–water partition coefficient (Wildman–Crippen LogP) is 3.21. The van der Waals surface area contributed by atoms with Crippen LogP contribution in [0.2, 0.25) is 0 Å². The maximum atomic E-state index is 13.1. The van der Waals surface area contributed by atoms with Crippen LogP contribution in [0.3, 0.4) is 0 Å². The number of carbonyl (C=O) groups is 2. The fraction of sp³-hybridized carbons (Fsp3) is 0.182. The van der Waals surface area contributed by atoms with Gasteiger partial charge in [-0.1, -0.05) is 18.2 Å². The number of amides is 1. The maximum Gasteiger partial charge on any atom is 0.262 e. The van der Waals surface area contributed by atoms with E-state index in [1.54, 1.807) is 44.2 Å². The molecule has 0 unspecified atom stereocenters. The highest BCUT2D eigenvalue weighted by atomic mass is 32.2. The van der Waals surface area contributed by atoms with E-state index in [1.165, 1.54) is 12.1 Å². The maximum absolute atomic E-state index is 13.1. The smallest absolute Gasteiger partial charge is 0.262 e. The molecule has 0 aliphatic carbocycles. The van der Waals surface area contributed by atoms with Crippen molar-refractivity contribution in [3.05, 3.63) is 59.3 Å². The Morgan fingerprint density at radius 3 is 2.66 bits per heavy atom. The first-order chi connectivity index (χ1) is 15.2. The molecule has 9 nitrogen and oxygen atoms in total. The standard InChI is InChI=1S/C22H19N5O4S/c1-13-6-7-16(21-14(2)25-27-20(29)9-8-19(28)24-22(21)27)11-18(13)32(30,31)26-17-5-3-4-15(10-17)12-23/h3-7,10-11,26H,8-9H2,1-2H3,(H,24,28). The van der Waals surface area contributed by atoms with Crippen LogP contribution in [-0.4, -0.2) is 30.0 Å². The van der Waals surface area contributed by atoms with E-state index in [9.17, 15) is 18.0 Å². The lowest BCUT2D eigenvalue weighted by Gasteiger charge is -2.13. The number of carbonyl (C=O) groups excluding carboxylic acids is 2. The second-order valence-electron chi connectivity index (χ2n) is 7.44. The monoisotopic (exact) mass is 449 g/mol. The number of anilines is 2. The molecule has 0 atom stereocenters. The van der Waals surface area contributed by atoms with E-state index in [0.717, 1.165) is 4.68 Å². The van der Waals surface area contributed by atoms with Crippen molar-refractivity contribution in [2.75, 3.05) is 10.0 Å². The molecule has 0 radical (unpaired) electrons. The van der Waals surface area contributed by atoms with E-state index in [-0.39, 0.29) is 41.1 Å². The topological polar surface area (TPSA) is 134 Å². The van der Waals surface area contributed by atoms with Crippen LogP contribution in [0.25, 0.3) is 11.1 Å². The van der Waals surface area contributed by atoms with Crippen molar-refractivity contribution in [2.24, 2.45) is 0 Å². The lowest BCUT2D eigenvalue weighted by atomic mass is 10.0. The van der Waals surface area contributed by atoms with Crippen molar-refractivity contribution in [1.29, 1.82) is 5.26 Å². The zero-order valence-corrected chi connectivity index (χ0v) is 18.2. The van der Waals surface area contributed by atoms with Crippen molar-refractivity contribution in [1.82, 2.24) is 9.78 Å². The molecule has 2 aromatic carbocycles. The Morgan fingerprint density at radius 1 is 1.12 bits per heavy atom. The van der Waals surface area contributed by atoms with E-state index in [2.05, 4.69) is 15.1 Å². The molecule has 0 bridgehead atoms. The first-order valence-electron chi connectivity index (χ1n) is 9.76. The van der Waals surface area contributed by atoms with Gasteiger partial charge in [-0.25, -0.2) is 8.42 Å². The van der Waals surface area contributed by atoms with Crippen LogP contribution in [0.15, 0.2) is 47.4 Å². The molecule has 3 aromatic rings. The number of aromatic nitrogens is 2. The second-order valence-corrected chi connectivity index (χ2v) is 9.09. The average molecular weight is 449 g/mol. The lowest BCUT2D eigenvalue weighted by molar-refractivity contribution is -0.116. The van der Waals surface area contributed by atoms with Gasteiger partial charge in [-0.05, 0) is 49.2 Å². The first kappa shape index (κ1) is 21.3. The highest BCUT2D eigenvalue weighted by Gasteiger charge is 2.27. The van der Waals surface area contributed by atoms with E-state index in [0.29, 0.717) is 27.9 Å². The van der Waals surface area contributed by atoms with Crippen molar-refractivity contribution in [3.63, 3.8) is 0 Å². The second kappa shape index (κ2) is 7.94. The van der Waals surface area contributed by atoms with Gasteiger partial charge in [0.1, 0.15) is 5.82 Å². The minimum atomic E-state index is -3.99. The van der Waals surface area contributed by atoms with E-state index in [4.69, 9.17) is 5.26 Å². The summed E-state index contributed by atoms with van der Waals surface area (Å²) in [5, 5.41) is 16.0. The molecule has 1 aromatic heterocycles. The van der Waals surface area contributed by atoms with Crippen LogP contribution in [-0.2, 0) is 14.8 Å². The van der Waals surface area contributed by atoms with Crippen LogP contribution in [0, 0.1) is 25.2 Å². The predicted molar refractivity (Wildman–Crippen MR) is 118 cm³/mol. The molecule has 4 rings (SSSR count). The van der Waals surface area contributed by atoms with Crippen molar-refractivity contribution in [3.8, 4) is 17.2 Å². The number of hydrogen-bond donors (Lipinski definition) is 2. The summed E-state index contributed by atoms with van der Waals surface area (Å²) in [6.07, 6.45) is 0.0957. The highest BCUT2D eigenvalue weighted by molar-refractivity contribution is 7.92. The summed E-state index contributed by atoms with van der Waals surface area (Å²) in [4.78, 5) is 24.5. The van der Waals surface area contributed by atoms with Crippen LogP contribution < -0.4 is 10.0 Å². The number of fused-ring (bicyclic) bond motifs is 1. The van der Waals surface area contributed by atoms with E-state index >= 15 is 0 Å². The van der Waals surface area contributed by atoms with Crippen molar-refractivity contribution in [2.45, 2.75) is 31.6 Å². The summed E-state index contributed by atoms with van der Waals surface area (Å²) >= 11 is 0. The molecule has 2 heterocycles. The molecule has 32 heavy (non-hydrogen) atoms. The van der Waals surface area contributed by atoms with Gasteiger partial charge in [0.2, 0.25) is 11.8 Å². The number of sulfonamides is 1. The molecule has 1 aliphatic heterocycles. The SMILES string of the molecule is Cc1ccc(-c2c(C)nn3c2NC(=O)CCC3=O)cc1S(=O)(=O)Nc1cccc(C#N)c1. The number of nitrogens with one attached hydrogen (secondary N) is 2. The number of aryl methyl sites for hydroxylation is 2. The van der Waals surface area contributed by atoms with E-state index in [1.807, 2.05) is 6.07 Å². The normalized spacial score (nSPS) is 13.7. The molecule has 0 spiro atoms. The summed E-state index contributed by atoms with van der Waals surface area (Å²) in [5.74, 6) is -0.388. The number of nitrogens with zero attached hydrogens (tertiary/aromatic N) is 3. The zero-order valence-electron chi connectivity index (χ0n) is 17.3. The third-order valence-electron chi connectivity index (χ3n) is 5.13. The molecule has 1 aliphatic rings. The summed E-state index contributed by atoms with van der Waals surface area (Å²) in [7, 11) is -3.99. The average Bonchev–Trinajstić information content (AvgIpc) is 3.00. The third-order valence-corrected chi connectivity index (χ3v) is 6.65. The molecule has 10 heteroatoms. The van der Waals surface area contributed by atoms with Crippen LogP contribution in [0.5, 0.6) is 0 Å². The van der Waals surface area contributed by atoms with Crippen LogP contribution >= 0.6 is 0 Å². The Hall–Kier alpha value is -3.97. The molecule has 0 fully saturated rings. The van der Waals surface area contributed by atoms with Gasteiger partial charge in [-0.15, -0.1) is 0 Å². The molecular weight excluding hydrogens is 430 g/mol. The summed E-state index contributed by atoms with van der Waals surface area (Å²) in [5.41, 5.74) is 2.56. The number of hydrogen-bond acceptors (Lipinski definition) is 6. The molecule has 0 saturated heterocycles. The van der Waals surface area contributed by atoms with Gasteiger partial charge in [0.25, 0.3) is 10.0 Å². The molecule has 1 amide bonds. The Labute approximate surface area is 184 Å². The van der Waals surface area contributed by atoms with Gasteiger partial charge >= 0.3 is 0 Å². The zero-order chi connectivity index (χ0) is 23.0. The fourth-order valence-electron chi connectivity index (χ4n) is 3.60. The van der Waals surface area contributed by atoms with Gasteiger partial charge < -0.3 is 5.32 Å². The van der Waals surface area contributed by atoms with Gasteiger partial charge in [-0.3, -0.25) is 14.3 Å². The van der Waals surface area contributed by atoms with Gasteiger partial charge in [-0.2, -0.15) is 15.0 Å². The Kier molecular flexibility index (Phi) is 5.28. The minimum absolute atomic E-state index is 0.0305. The van der Waals surface area contributed by atoms with Crippen molar-refractivity contribution < 1.29 is 18.0 Å². The number of nitriles is 1. The quantitative estimate of drug-likeness (QED) is 0.628. The summed E-state index contributed by atoms with van der Waals surface area (Å²) < 4.78 is 29.9. The highest BCUT2D eigenvalue weighted by Crippen LogP contribution is 2.35. The summed E-state index contributed by atoms with van der Waals surface area (Å²) in [6.45, 7) is 3.36. The lowest BCUT2D eigenvalue weighted by Crippen LogP contribution is -2.15. The minimum Gasteiger partial charge on any atom is -0.310 e. The van der Waals surface area contributed by atoms with Crippen LogP contribution in [0.4, 0.5) is 11.5 Å². The Balaban J connectivity index is 1.80. The van der Waals surface area contributed by atoms with E-state index < -0.39 is 10.0 Å². The molecule has 0 saturated carbocycles. The van der Waals surface area contributed by atoms with Gasteiger partial charge in [0.15, 0.2) is 0 Å².